The zero-order chi connectivity index (χ0) is 14.0. The number of rotatable bonds is 6. The van der Waals surface area contributed by atoms with E-state index in [2.05, 4.69) is 33.0 Å². The van der Waals surface area contributed by atoms with Crippen molar-refractivity contribution in [3.8, 4) is 0 Å². The van der Waals surface area contributed by atoms with Crippen LogP contribution in [0.25, 0.3) is 0 Å². The van der Waals surface area contributed by atoms with Crippen LogP contribution in [0.1, 0.15) is 53.4 Å². The highest BCUT2D eigenvalue weighted by Gasteiger charge is 2.56. The van der Waals surface area contributed by atoms with Crippen LogP contribution in [0.15, 0.2) is 0 Å². The summed E-state index contributed by atoms with van der Waals surface area (Å²) in [6.45, 7) is 9.34. The first-order valence-corrected chi connectivity index (χ1v) is 6.69. The van der Waals surface area contributed by atoms with Crippen LogP contribution in [0.3, 0.4) is 0 Å². The van der Waals surface area contributed by atoms with Crippen LogP contribution >= 0.6 is 0 Å². The molecule has 104 valence electrons. The number of hydrogen-bond acceptors (Lipinski definition) is 2. The van der Waals surface area contributed by atoms with E-state index in [9.17, 15) is 9.59 Å². The van der Waals surface area contributed by atoms with E-state index < -0.39 is 11.4 Å². The van der Waals surface area contributed by atoms with Crippen molar-refractivity contribution >= 4 is 11.9 Å². The van der Waals surface area contributed by atoms with Gasteiger partial charge in [0.25, 0.3) is 0 Å². The zero-order valence-electron chi connectivity index (χ0n) is 11.9. The highest BCUT2D eigenvalue weighted by atomic mass is 16.4. The van der Waals surface area contributed by atoms with Crippen molar-refractivity contribution in [1.82, 2.24) is 5.32 Å². The van der Waals surface area contributed by atoms with Gasteiger partial charge in [-0.1, -0.05) is 27.7 Å². The van der Waals surface area contributed by atoms with Gasteiger partial charge in [0, 0.05) is 6.54 Å². The molecule has 0 aliphatic heterocycles. The number of carbonyl (C=O) groups excluding carboxylic acids is 1. The lowest BCUT2D eigenvalue weighted by atomic mass is 9.84. The van der Waals surface area contributed by atoms with Crippen LogP contribution in [-0.4, -0.2) is 23.5 Å². The van der Waals surface area contributed by atoms with Gasteiger partial charge < -0.3 is 10.4 Å². The van der Waals surface area contributed by atoms with Gasteiger partial charge in [-0.05, 0) is 37.0 Å². The molecule has 0 spiro atoms. The van der Waals surface area contributed by atoms with Crippen LogP contribution in [0.5, 0.6) is 0 Å². The second-order valence-corrected chi connectivity index (χ2v) is 6.80. The van der Waals surface area contributed by atoms with Crippen molar-refractivity contribution in [1.29, 1.82) is 0 Å². The topological polar surface area (TPSA) is 66.4 Å². The Hall–Kier alpha value is -1.06. The molecule has 0 aromatic rings. The first kappa shape index (κ1) is 15.0. The van der Waals surface area contributed by atoms with Gasteiger partial charge >= 0.3 is 5.97 Å². The maximum atomic E-state index is 11.7. The second kappa shape index (κ2) is 5.29. The third-order valence-corrected chi connectivity index (χ3v) is 3.48. The van der Waals surface area contributed by atoms with E-state index >= 15 is 0 Å². The number of carboxylic acids is 1. The summed E-state index contributed by atoms with van der Waals surface area (Å²) in [5, 5.41) is 11.7. The van der Waals surface area contributed by atoms with Crippen molar-refractivity contribution in [3.05, 3.63) is 0 Å². The molecule has 1 amide bonds. The number of aliphatic carboxylic acids is 1. The molecule has 0 saturated heterocycles. The Bertz CT molecular complexity index is 326. The Morgan fingerprint density at radius 3 is 2.28 bits per heavy atom. The number of carboxylic acid groups (broad SMARTS) is 1. The average Bonchev–Trinajstić information content (AvgIpc) is 2.94. The van der Waals surface area contributed by atoms with E-state index in [1.165, 1.54) is 0 Å². The fourth-order valence-electron chi connectivity index (χ4n) is 2.41. The molecule has 1 rings (SSSR count). The van der Waals surface area contributed by atoms with Gasteiger partial charge in [0.2, 0.25) is 5.91 Å². The van der Waals surface area contributed by atoms with E-state index in [0.29, 0.717) is 30.7 Å². The first-order chi connectivity index (χ1) is 8.17. The summed E-state index contributed by atoms with van der Waals surface area (Å²) in [6, 6.07) is 0. The number of carbonyl (C=O) groups is 2. The Morgan fingerprint density at radius 2 is 1.89 bits per heavy atom. The summed E-state index contributed by atoms with van der Waals surface area (Å²) >= 11 is 0. The summed E-state index contributed by atoms with van der Waals surface area (Å²) in [5.41, 5.74) is -0.810. The van der Waals surface area contributed by atoms with Crippen molar-refractivity contribution in [3.63, 3.8) is 0 Å². The van der Waals surface area contributed by atoms with Crippen molar-refractivity contribution in [2.45, 2.75) is 53.4 Å². The van der Waals surface area contributed by atoms with Crippen molar-refractivity contribution in [2.24, 2.45) is 16.7 Å². The Kier molecular flexibility index (Phi) is 4.41. The predicted octanol–water partition coefficient (Wildman–Crippen LogP) is 2.43. The normalized spacial score (nSPS) is 19.1. The Labute approximate surface area is 109 Å². The zero-order valence-corrected chi connectivity index (χ0v) is 11.9. The lowest BCUT2D eigenvalue weighted by Gasteiger charge is -2.23. The molecule has 0 heterocycles. The molecule has 1 aliphatic carbocycles. The minimum atomic E-state index is -1.10. The molecule has 1 aliphatic rings. The number of amides is 1. The third kappa shape index (κ3) is 4.00. The maximum Gasteiger partial charge on any atom is 0.319 e. The van der Waals surface area contributed by atoms with Gasteiger partial charge in [-0.15, -0.1) is 0 Å². The quantitative estimate of drug-likeness (QED) is 0.716. The fraction of sp³-hybridized carbons (Fsp3) is 0.857. The van der Waals surface area contributed by atoms with Crippen LogP contribution < -0.4 is 5.32 Å². The molecule has 0 aromatic heterocycles. The molecule has 4 heteroatoms. The highest BCUT2D eigenvalue weighted by Crippen LogP contribution is 2.46. The summed E-state index contributed by atoms with van der Waals surface area (Å²) in [4.78, 5) is 22.7. The van der Waals surface area contributed by atoms with Gasteiger partial charge in [0.15, 0.2) is 0 Å². The fourth-order valence-corrected chi connectivity index (χ4v) is 2.41. The molecular weight excluding hydrogens is 230 g/mol. The van der Waals surface area contributed by atoms with Crippen LogP contribution in [0.2, 0.25) is 0 Å². The van der Waals surface area contributed by atoms with Gasteiger partial charge in [-0.25, -0.2) is 0 Å². The molecule has 1 saturated carbocycles. The summed E-state index contributed by atoms with van der Waals surface area (Å²) in [5.74, 6) is -0.758. The molecule has 4 nitrogen and oxygen atoms in total. The standard InChI is InChI=1S/C14H25NO3/c1-10(9-13(2,3)4)5-8-15-11(16)14(6-7-14)12(17)18/h10H,5-9H2,1-4H3,(H,15,16)(H,17,18). The summed E-state index contributed by atoms with van der Waals surface area (Å²) in [7, 11) is 0. The van der Waals surface area contributed by atoms with E-state index in [-0.39, 0.29) is 5.91 Å². The first-order valence-electron chi connectivity index (χ1n) is 6.69. The van der Waals surface area contributed by atoms with Crippen LogP contribution in [-0.2, 0) is 9.59 Å². The largest absolute Gasteiger partial charge is 0.480 e. The molecule has 0 aromatic carbocycles. The van der Waals surface area contributed by atoms with Gasteiger partial charge in [0.05, 0.1) is 0 Å². The summed E-state index contributed by atoms with van der Waals surface area (Å²) in [6.07, 6.45) is 2.96. The molecule has 18 heavy (non-hydrogen) atoms. The van der Waals surface area contributed by atoms with Crippen molar-refractivity contribution < 1.29 is 14.7 Å². The molecule has 1 unspecified atom stereocenters. The van der Waals surface area contributed by atoms with E-state index in [1.54, 1.807) is 0 Å². The minimum absolute atomic E-state index is 0.294. The average molecular weight is 255 g/mol. The van der Waals surface area contributed by atoms with E-state index in [1.807, 2.05) is 0 Å². The lowest BCUT2D eigenvalue weighted by molar-refractivity contribution is -0.149. The minimum Gasteiger partial charge on any atom is -0.480 e. The third-order valence-electron chi connectivity index (χ3n) is 3.48. The smallest absolute Gasteiger partial charge is 0.319 e. The summed E-state index contributed by atoms with van der Waals surface area (Å²) < 4.78 is 0. The molecule has 1 atom stereocenters. The number of hydrogen-bond donors (Lipinski definition) is 2. The van der Waals surface area contributed by atoms with Gasteiger partial charge in [0.1, 0.15) is 5.41 Å². The highest BCUT2D eigenvalue weighted by molar-refractivity contribution is 6.04. The van der Waals surface area contributed by atoms with Crippen LogP contribution in [0, 0.1) is 16.7 Å². The van der Waals surface area contributed by atoms with Crippen LogP contribution in [0.4, 0.5) is 0 Å². The predicted molar refractivity (Wildman–Crippen MR) is 70.2 cm³/mol. The van der Waals surface area contributed by atoms with Gasteiger partial charge in [-0.2, -0.15) is 0 Å². The Balaban J connectivity index is 2.26. The lowest BCUT2D eigenvalue weighted by Crippen LogP contribution is -2.37. The van der Waals surface area contributed by atoms with E-state index in [0.717, 1.165) is 12.8 Å². The second-order valence-electron chi connectivity index (χ2n) is 6.80. The number of nitrogens with one attached hydrogen (secondary N) is 1. The molecule has 2 N–H and O–H groups in total. The van der Waals surface area contributed by atoms with E-state index in [4.69, 9.17) is 5.11 Å². The SMILES string of the molecule is CC(CCNC(=O)C1(C(=O)O)CC1)CC(C)(C)C. The maximum absolute atomic E-state index is 11.7. The monoisotopic (exact) mass is 255 g/mol. The molecule has 0 bridgehead atoms. The van der Waals surface area contributed by atoms with Crippen molar-refractivity contribution in [2.75, 3.05) is 6.54 Å². The van der Waals surface area contributed by atoms with Gasteiger partial charge in [-0.3, -0.25) is 9.59 Å². The molecular formula is C14H25NO3. The molecule has 1 fully saturated rings. The molecule has 0 radical (unpaired) electrons. The Morgan fingerprint density at radius 1 is 1.33 bits per heavy atom.